The van der Waals surface area contributed by atoms with Crippen LogP contribution in [0.2, 0.25) is 5.02 Å². The van der Waals surface area contributed by atoms with Gasteiger partial charge in [-0.1, -0.05) is 11.6 Å². The maximum absolute atomic E-state index is 10.7. The van der Waals surface area contributed by atoms with Crippen LogP contribution in [-0.4, -0.2) is 16.0 Å². The number of rotatable bonds is 2. The van der Waals surface area contributed by atoms with Crippen LogP contribution in [0.1, 0.15) is 10.4 Å². The summed E-state index contributed by atoms with van der Waals surface area (Å²) in [5.74, 6) is -1.19. The van der Waals surface area contributed by atoms with Gasteiger partial charge in [-0.3, -0.25) is 5.50 Å². The van der Waals surface area contributed by atoms with Crippen molar-refractivity contribution in [2.45, 2.75) is 0 Å². The van der Waals surface area contributed by atoms with Crippen LogP contribution in [-0.2, 0) is 11.8 Å². The van der Waals surface area contributed by atoms with Gasteiger partial charge in [-0.05, 0) is 30.0 Å². The lowest BCUT2D eigenvalue weighted by molar-refractivity contribution is 0.0698. The molecule has 0 radical (unpaired) electrons. The lowest BCUT2D eigenvalue weighted by atomic mass is 10.2. The summed E-state index contributed by atoms with van der Waals surface area (Å²) >= 11 is 10.3. The van der Waals surface area contributed by atoms with Gasteiger partial charge in [0.25, 0.3) is 0 Å². The summed E-state index contributed by atoms with van der Waals surface area (Å²) in [5, 5.41) is 9.09. The predicted molar refractivity (Wildman–Crippen MR) is 58.7 cm³/mol. The van der Waals surface area contributed by atoms with E-state index in [1.807, 2.05) is 0 Å². The zero-order chi connectivity index (χ0) is 10.9. The molecule has 0 aromatic heterocycles. The molecule has 76 valence electrons. The highest BCUT2D eigenvalue weighted by molar-refractivity contribution is 8.14. The van der Waals surface area contributed by atoms with Crippen molar-refractivity contribution in [1.82, 2.24) is 0 Å². The van der Waals surface area contributed by atoms with Crippen LogP contribution in [0.3, 0.4) is 0 Å². The predicted octanol–water partition coefficient (Wildman–Crippen LogP) is 0.924. The third kappa shape index (κ3) is 2.53. The van der Waals surface area contributed by atoms with E-state index in [1.165, 1.54) is 18.2 Å². The van der Waals surface area contributed by atoms with Crippen molar-refractivity contribution in [3.05, 3.63) is 28.8 Å². The minimum Gasteiger partial charge on any atom is -0.478 e. The molecule has 1 aromatic carbocycles. The molecule has 0 aliphatic carbocycles. The van der Waals surface area contributed by atoms with E-state index in [0.717, 1.165) is 0 Å². The van der Waals surface area contributed by atoms with Gasteiger partial charge in [0.1, 0.15) is 0 Å². The lowest BCUT2D eigenvalue weighted by Crippen LogP contribution is -2.19. The first-order valence-corrected chi connectivity index (χ1v) is 6.67. The number of carboxylic acid groups (broad SMARTS) is 1. The van der Waals surface area contributed by atoms with Crippen LogP contribution in [0, 0.1) is 0 Å². The zero-order valence-electron chi connectivity index (χ0n) is 6.85. The van der Waals surface area contributed by atoms with Crippen LogP contribution in [0.25, 0.3) is 0 Å². The Balaban J connectivity index is 3.46. The quantitative estimate of drug-likeness (QED) is 0.681. The molecule has 7 heteroatoms. The Morgan fingerprint density at radius 3 is 2.57 bits per heavy atom. The Hall–Kier alpha value is -0.450. The van der Waals surface area contributed by atoms with Crippen LogP contribution >= 0.6 is 18.0 Å². The van der Waals surface area contributed by atoms with E-state index in [-0.39, 0.29) is 10.9 Å². The normalized spacial score (nSPS) is 14.8. The molecular weight excluding hydrogens is 245 g/mol. The third-order valence-electron chi connectivity index (χ3n) is 1.54. The van der Waals surface area contributed by atoms with Gasteiger partial charge in [-0.15, -0.1) is 0 Å². The maximum Gasteiger partial charge on any atom is 0.336 e. The Morgan fingerprint density at radius 1 is 1.57 bits per heavy atom. The molecule has 1 aromatic rings. The van der Waals surface area contributed by atoms with E-state index in [2.05, 4.69) is 11.8 Å². The molecule has 0 aliphatic rings. The number of hydrogen-bond donors (Lipinski definition) is 3. The van der Waals surface area contributed by atoms with Crippen molar-refractivity contribution in [2.24, 2.45) is 5.50 Å². The minimum atomic E-state index is -3.27. The van der Waals surface area contributed by atoms with Crippen molar-refractivity contribution in [3.63, 3.8) is 0 Å². The number of carbonyl (C=O) groups is 1. The highest BCUT2D eigenvalue weighted by Crippen LogP contribution is 2.32. The number of benzene rings is 1. The molecule has 1 atom stereocenters. The van der Waals surface area contributed by atoms with Crippen molar-refractivity contribution in [3.8, 4) is 0 Å². The van der Waals surface area contributed by atoms with E-state index >= 15 is 0 Å². The molecule has 0 aliphatic heterocycles. The Morgan fingerprint density at radius 2 is 2.14 bits per heavy atom. The van der Waals surface area contributed by atoms with Crippen molar-refractivity contribution >= 4 is 41.1 Å². The van der Waals surface area contributed by atoms with Gasteiger partial charge in [0.15, 0.2) is 6.42 Å². The summed E-state index contributed by atoms with van der Waals surface area (Å²) in [7, 11) is 0. The summed E-state index contributed by atoms with van der Waals surface area (Å²) in [6.45, 7) is 0. The summed E-state index contributed by atoms with van der Waals surface area (Å²) in [6, 6.07) is 3.95. The fourth-order valence-corrected chi connectivity index (χ4v) is 2.49. The Bertz CT molecular complexity index is 431. The van der Waals surface area contributed by atoms with E-state index < -0.39 is 12.4 Å². The molecule has 4 N–H and O–H groups in total. The molecule has 1 rings (SSSR count). The van der Waals surface area contributed by atoms with Gasteiger partial charge in [-0.25, -0.2) is 4.79 Å². The molecule has 0 amide bonds. The van der Waals surface area contributed by atoms with Crippen LogP contribution in [0.5, 0.6) is 0 Å². The zero-order valence-corrected chi connectivity index (χ0v) is 9.31. The summed E-state index contributed by atoms with van der Waals surface area (Å²) in [6.07, 6.45) is -3.27. The maximum atomic E-state index is 10.7. The first-order valence-electron chi connectivity index (χ1n) is 3.47. The monoisotopic (exact) mass is 251 g/mol. The first-order chi connectivity index (χ1) is 6.32. The van der Waals surface area contributed by atoms with Gasteiger partial charge < -0.3 is 10.00 Å². The molecule has 0 saturated carbocycles. The van der Waals surface area contributed by atoms with E-state index in [1.54, 1.807) is 0 Å². The second-order valence-corrected chi connectivity index (χ2v) is 6.42. The number of nitrogens with two attached hydrogens (primary N) is 1. The molecule has 1 unspecified atom stereocenters. The smallest absolute Gasteiger partial charge is 0.336 e. The van der Waals surface area contributed by atoms with Crippen LogP contribution in [0.15, 0.2) is 18.2 Å². The number of hydrogen-bond acceptors (Lipinski definition) is 2. The molecule has 14 heavy (non-hydrogen) atoms. The first kappa shape index (κ1) is 11.6. The van der Waals surface area contributed by atoms with Crippen LogP contribution < -0.4 is 10.8 Å². The third-order valence-corrected chi connectivity index (χ3v) is 3.42. The summed E-state index contributed by atoms with van der Waals surface area (Å²) < 4.78 is 0. The minimum absolute atomic E-state index is 0.0208. The van der Waals surface area contributed by atoms with E-state index in [0.29, 0.717) is 5.02 Å². The molecule has 0 saturated heterocycles. The number of carboxylic acids is 1. The second kappa shape index (κ2) is 3.96. The van der Waals surface area contributed by atoms with E-state index in [4.69, 9.17) is 22.2 Å². The Labute approximate surface area is 90.5 Å². The highest BCUT2D eigenvalue weighted by atomic mass is 35.5. The SMILES string of the molecule is NP(O)(=S)c1cc(Cl)ccc1C(=O)O. The molecule has 0 fully saturated rings. The fourth-order valence-electron chi connectivity index (χ4n) is 0.951. The Kier molecular flexibility index (Phi) is 3.29. The standard InChI is InChI=1S/C7H7ClNO3PS/c8-4-1-2-5(7(10)11)6(3-4)13(9,12)14/h1-3H,(H,10,11)(H3,9,12,14). The average molecular weight is 252 g/mol. The molecule has 0 spiro atoms. The average Bonchev–Trinajstić information content (AvgIpc) is 2.01. The summed E-state index contributed by atoms with van der Waals surface area (Å²) in [5.41, 5.74) is 5.22. The number of aromatic carboxylic acids is 1. The van der Waals surface area contributed by atoms with Gasteiger partial charge in [-0.2, -0.15) is 0 Å². The van der Waals surface area contributed by atoms with Crippen LogP contribution in [0.4, 0.5) is 0 Å². The van der Waals surface area contributed by atoms with E-state index in [9.17, 15) is 9.69 Å². The topological polar surface area (TPSA) is 83.5 Å². The molecule has 0 bridgehead atoms. The lowest BCUT2D eigenvalue weighted by Gasteiger charge is -2.12. The summed E-state index contributed by atoms with van der Waals surface area (Å²) in [4.78, 5) is 20.2. The van der Waals surface area contributed by atoms with Gasteiger partial charge in [0.05, 0.1) is 5.56 Å². The fraction of sp³-hybridized carbons (Fsp3) is 0. The van der Waals surface area contributed by atoms with Gasteiger partial charge >= 0.3 is 5.97 Å². The number of halogens is 1. The molecule has 4 nitrogen and oxygen atoms in total. The largest absolute Gasteiger partial charge is 0.478 e. The van der Waals surface area contributed by atoms with Gasteiger partial charge in [0.2, 0.25) is 0 Å². The van der Waals surface area contributed by atoms with Crippen molar-refractivity contribution in [1.29, 1.82) is 0 Å². The second-order valence-electron chi connectivity index (χ2n) is 2.59. The molecular formula is C7H7ClNO3PS. The van der Waals surface area contributed by atoms with Crippen molar-refractivity contribution in [2.75, 3.05) is 0 Å². The molecule has 0 heterocycles. The van der Waals surface area contributed by atoms with Gasteiger partial charge in [0, 0.05) is 10.3 Å². The van der Waals surface area contributed by atoms with Crippen molar-refractivity contribution < 1.29 is 14.8 Å². The highest BCUT2D eigenvalue weighted by Gasteiger charge is 2.19.